The summed E-state index contributed by atoms with van der Waals surface area (Å²) in [4.78, 5) is 16.4. The molecule has 2 aliphatic heterocycles. The summed E-state index contributed by atoms with van der Waals surface area (Å²) in [6.45, 7) is 4.48. The van der Waals surface area contributed by atoms with Crippen molar-refractivity contribution >= 4 is 11.5 Å². The Hall–Kier alpha value is -3.62. The molecule has 43 heavy (non-hydrogen) atoms. The van der Waals surface area contributed by atoms with Crippen LogP contribution in [0.1, 0.15) is 47.9 Å². The Bertz CT molecular complexity index is 1500. The van der Waals surface area contributed by atoms with E-state index in [0.717, 1.165) is 73.2 Å². The molecule has 0 unspecified atom stereocenters. The van der Waals surface area contributed by atoms with Crippen molar-refractivity contribution < 1.29 is 22.7 Å². The number of nitrogens with zero attached hydrogens (tertiary/aromatic N) is 1. The van der Waals surface area contributed by atoms with Crippen LogP contribution in [0.3, 0.4) is 0 Å². The number of aryl methyl sites for hydroxylation is 2. The van der Waals surface area contributed by atoms with Crippen LogP contribution in [-0.2, 0) is 17.6 Å². The van der Waals surface area contributed by atoms with E-state index in [4.69, 9.17) is 4.74 Å². The zero-order valence-corrected chi connectivity index (χ0v) is 24.5. The molecular weight excluding hydrogens is 551 g/mol. The van der Waals surface area contributed by atoms with Crippen LogP contribution in [0.15, 0.2) is 66.2 Å². The Morgan fingerprint density at radius 2 is 1.72 bits per heavy atom. The largest absolute Gasteiger partial charge is 0.488 e. The summed E-state index contributed by atoms with van der Waals surface area (Å²) in [5.74, 6) is -3.89. The first-order chi connectivity index (χ1) is 20.9. The Morgan fingerprint density at radius 3 is 2.49 bits per heavy atom. The molecule has 0 aromatic heterocycles. The first-order valence-electron chi connectivity index (χ1n) is 15.3. The van der Waals surface area contributed by atoms with E-state index in [-0.39, 0.29) is 24.6 Å². The highest BCUT2D eigenvalue weighted by molar-refractivity contribution is 6.03. The van der Waals surface area contributed by atoms with E-state index in [1.165, 1.54) is 11.1 Å². The number of halogens is 3. The van der Waals surface area contributed by atoms with Crippen molar-refractivity contribution in [3.8, 4) is 5.75 Å². The number of carbonyl (C=O) groups excluding carboxylic acids is 1. The minimum Gasteiger partial charge on any atom is -0.488 e. The van der Waals surface area contributed by atoms with Gasteiger partial charge < -0.3 is 20.3 Å². The van der Waals surface area contributed by atoms with Gasteiger partial charge in [0.2, 0.25) is 5.82 Å². The molecule has 2 heterocycles. The fraction of sp³-hybridized carbons (Fsp3) is 0.400. The first-order valence-corrected chi connectivity index (χ1v) is 15.3. The molecule has 1 saturated heterocycles. The molecule has 2 atom stereocenters. The van der Waals surface area contributed by atoms with Gasteiger partial charge in [0.25, 0.3) is 5.91 Å². The molecule has 0 spiro atoms. The van der Waals surface area contributed by atoms with Crippen LogP contribution in [0.25, 0.3) is 5.57 Å². The molecule has 2 N–H and O–H groups in total. The SMILES string of the molecule is Cc1ccccc1CCN(C(=O)C1=C(c2ccc(CCCOc3c(F)ccc(F)c3F)cc2)C[C@@H]2CNC[C@H]1N2)C1CC1. The van der Waals surface area contributed by atoms with Gasteiger partial charge in [-0.15, -0.1) is 0 Å². The molecule has 2 bridgehead atoms. The second kappa shape index (κ2) is 12.9. The van der Waals surface area contributed by atoms with E-state index in [2.05, 4.69) is 52.8 Å². The number of amides is 1. The second-order valence-corrected chi connectivity index (χ2v) is 11.9. The van der Waals surface area contributed by atoms with Crippen molar-refractivity contribution in [1.82, 2.24) is 15.5 Å². The van der Waals surface area contributed by atoms with Crippen LogP contribution in [0.5, 0.6) is 5.75 Å². The highest BCUT2D eigenvalue weighted by atomic mass is 19.2. The third-order valence-electron chi connectivity index (χ3n) is 8.82. The fourth-order valence-electron chi connectivity index (χ4n) is 6.33. The van der Waals surface area contributed by atoms with Gasteiger partial charge in [0.1, 0.15) is 0 Å². The summed E-state index contributed by atoms with van der Waals surface area (Å²) in [5.41, 5.74) is 6.64. The Labute approximate surface area is 251 Å². The molecule has 1 saturated carbocycles. The summed E-state index contributed by atoms with van der Waals surface area (Å²) in [6.07, 6.45) is 4.87. The van der Waals surface area contributed by atoms with Crippen LogP contribution >= 0.6 is 0 Å². The zero-order valence-electron chi connectivity index (χ0n) is 24.5. The standard InChI is InChI=1S/C35H38F3N3O2/c1-22-5-2-3-7-24(22)16-17-41(27-12-13-27)35(42)32-28(19-26-20-39-21-31(32)40-26)25-10-8-23(9-11-25)6-4-18-43-34-30(37)15-14-29(36)33(34)38/h2-3,5,7-11,14-15,26-27,31,39-40H,4,6,12-13,16-21H2,1H3/t26-,31-/m1/s1. The predicted molar refractivity (Wildman–Crippen MR) is 161 cm³/mol. The lowest BCUT2D eigenvalue weighted by Crippen LogP contribution is -2.60. The fourth-order valence-corrected chi connectivity index (χ4v) is 6.33. The summed E-state index contributed by atoms with van der Waals surface area (Å²) in [7, 11) is 0. The number of nitrogens with one attached hydrogen (secondary N) is 2. The molecule has 5 nitrogen and oxygen atoms in total. The lowest BCUT2D eigenvalue weighted by molar-refractivity contribution is -0.128. The minimum absolute atomic E-state index is 0.0323. The van der Waals surface area contributed by atoms with Crippen LogP contribution in [0.4, 0.5) is 13.2 Å². The molecule has 8 heteroatoms. The number of piperazine rings is 1. The monoisotopic (exact) mass is 589 g/mol. The number of carbonyl (C=O) groups is 1. The number of hydrogen-bond donors (Lipinski definition) is 2. The van der Waals surface area contributed by atoms with Gasteiger partial charge in [0.05, 0.1) is 12.6 Å². The van der Waals surface area contributed by atoms with Crippen LogP contribution in [0.2, 0.25) is 0 Å². The Kier molecular flexibility index (Phi) is 8.86. The molecule has 3 aromatic carbocycles. The summed E-state index contributed by atoms with van der Waals surface area (Å²) in [5, 5.41) is 7.20. The Balaban J connectivity index is 1.17. The van der Waals surface area contributed by atoms with Gasteiger partial charge in [-0.05, 0) is 85.4 Å². The van der Waals surface area contributed by atoms with E-state index >= 15 is 0 Å². The lowest BCUT2D eigenvalue weighted by Gasteiger charge is -2.41. The van der Waals surface area contributed by atoms with Crippen molar-refractivity contribution in [3.05, 3.63) is 106 Å². The number of fused-ring (bicyclic) bond motifs is 2. The van der Waals surface area contributed by atoms with Crippen molar-refractivity contribution in [2.75, 3.05) is 26.2 Å². The van der Waals surface area contributed by atoms with Crippen LogP contribution in [0, 0.1) is 24.4 Å². The topological polar surface area (TPSA) is 53.6 Å². The van der Waals surface area contributed by atoms with Crippen molar-refractivity contribution in [2.24, 2.45) is 0 Å². The molecule has 0 radical (unpaired) electrons. The molecule has 2 fully saturated rings. The van der Waals surface area contributed by atoms with E-state index < -0.39 is 23.2 Å². The summed E-state index contributed by atoms with van der Waals surface area (Å²) in [6, 6.07) is 18.8. The first kappa shape index (κ1) is 29.5. The van der Waals surface area contributed by atoms with Gasteiger partial charge >= 0.3 is 0 Å². The quantitative estimate of drug-likeness (QED) is 0.221. The molecule has 226 valence electrons. The summed E-state index contributed by atoms with van der Waals surface area (Å²) >= 11 is 0. The molecule has 3 aliphatic rings. The number of hydrogen-bond acceptors (Lipinski definition) is 4. The predicted octanol–water partition coefficient (Wildman–Crippen LogP) is 5.74. The zero-order chi connectivity index (χ0) is 29.9. The highest BCUT2D eigenvalue weighted by Gasteiger charge is 2.40. The third kappa shape index (κ3) is 6.65. The maximum atomic E-state index is 14.3. The van der Waals surface area contributed by atoms with Gasteiger partial charge in [-0.3, -0.25) is 4.79 Å². The van der Waals surface area contributed by atoms with E-state index in [9.17, 15) is 18.0 Å². The van der Waals surface area contributed by atoms with Crippen molar-refractivity contribution in [1.29, 1.82) is 0 Å². The van der Waals surface area contributed by atoms with Gasteiger partial charge in [-0.2, -0.15) is 4.39 Å². The van der Waals surface area contributed by atoms with Gasteiger partial charge in [-0.25, -0.2) is 8.78 Å². The van der Waals surface area contributed by atoms with Crippen molar-refractivity contribution in [2.45, 2.75) is 63.6 Å². The number of ether oxygens (including phenoxy) is 1. The molecular formula is C35H38F3N3O2. The molecule has 3 aromatic rings. The van der Waals surface area contributed by atoms with E-state index in [1.54, 1.807) is 0 Å². The molecule has 1 amide bonds. The number of benzene rings is 3. The van der Waals surface area contributed by atoms with Crippen LogP contribution in [-0.4, -0.2) is 55.2 Å². The van der Waals surface area contributed by atoms with Crippen LogP contribution < -0.4 is 15.4 Å². The maximum absolute atomic E-state index is 14.3. The summed E-state index contributed by atoms with van der Waals surface area (Å²) < 4.78 is 46.4. The molecule has 6 rings (SSSR count). The van der Waals surface area contributed by atoms with Gasteiger partial charge in [0.15, 0.2) is 17.4 Å². The van der Waals surface area contributed by atoms with E-state index in [1.807, 2.05) is 18.2 Å². The average molecular weight is 590 g/mol. The second-order valence-electron chi connectivity index (χ2n) is 11.9. The highest BCUT2D eigenvalue weighted by Crippen LogP contribution is 2.36. The number of rotatable bonds is 11. The van der Waals surface area contributed by atoms with E-state index in [0.29, 0.717) is 25.4 Å². The smallest absolute Gasteiger partial charge is 0.251 e. The minimum atomic E-state index is -1.31. The normalized spacial score (nSPS) is 19.8. The maximum Gasteiger partial charge on any atom is 0.251 e. The lowest BCUT2D eigenvalue weighted by atomic mass is 9.83. The third-order valence-corrected chi connectivity index (χ3v) is 8.82. The van der Waals surface area contributed by atoms with Gasteiger partial charge in [-0.1, -0.05) is 48.5 Å². The average Bonchev–Trinajstić information content (AvgIpc) is 3.85. The van der Waals surface area contributed by atoms with Gasteiger partial charge in [0, 0.05) is 37.3 Å². The van der Waals surface area contributed by atoms with Crippen molar-refractivity contribution in [3.63, 3.8) is 0 Å². The Morgan fingerprint density at radius 1 is 0.953 bits per heavy atom. The molecule has 1 aliphatic carbocycles.